The first-order valence-electron chi connectivity index (χ1n) is 7.97. The highest BCUT2D eigenvalue weighted by molar-refractivity contribution is 7.92. The molecule has 0 heterocycles. The number of aryl methyl sites for hydroxylation is 1. The van der Waals surface area contributed by atoms with Gasteiger partial charge in [-0.1, -0.05) is 23.7 Å². The highest BCUT2D eigenvalue weighted by Gasteiger charge is 2.20. The predicted molar refractivity (Wildman–Crippen MR) is 103 cm³/mol. The molecule has 0 saturated carbocycles. The number of benzene rings is 2. The molecule has 0 radical (unpaired) electrons. The molecule has 1 N–H and O–H groups in total. The summed E-state index contributed by atoms with van der Waals surface area (Å²) < 4.78 is 38.8. The first kappa shape index (κ1) is 20.2. The number of nitrogens with one attached hydrogen (secondary N) is 1. The molecule has 0 bridgehead atoms. The Hall–Kier alpha value is -2.12. The number of amides is 1. The number of para-hydroxylation sites is 1. The summed E-state index contributed by atoms with van der Waals surface area (Å²) in [5.41, 5.74) is 1.45. The van der Waals surface area contributed by atoms with Crippen molar-refractivity contribution in [1.29, 1.82) is 0 Å². The normalized spacial score (nSPS) is 11.2. The van der Waals surface area contributed by atoms with Crippen LogP contribution in [0.1, 0.15) is 18.4 Å². The topological polar surface area (TPSA) is 66.5 Å². The Morgan fingerprint density at radius 2 is 1.92 bits per heavy atom. The molecule has 0 unspecified atom stereocenters. The van der Waals surface area contributed by atoms with Crippen molar-refractivity contribution in [3.8, 4) is 0 Å². The van der Waals surface area contributed by atoms with Crippen LogP contribution in [0.15, 0.2) is 42.5 Å². The Labute approximate surface area is 157 Å². The van der Waals surface area contributed by atoms with E-state index in [0.717, 1.165) is 16.1 Å². The van der Waals surface area contributed by atoms with Gasteiger partial charge in [-0.2, -0.15) is 0 Å². The fourth-order valence-electron chi connectivity index (χ4n) is 2.48. The number of halogens is 2. The lowest BCUT2D eigenvalue weighted by Crippen LogP contribution is -2.32. The van der Waals surface area contributed by atoms with Crippen molar-refractivity contribution in [3.63, 3.8) is 0 Å². The van der Waals surface area contributed by atoms with Gasteiger partial charge in [-0.25, -0.2) is 12.8 Å². The average molecular weight is 399 g/mol. The van der Waals surface area contributed by atoms with E-state index < -0.39 is 15.8 Å². The van der Waals surface area contributed by atoms with Crippen LogP contribution in [-0.2, 0) is 14.8 Å². The average Bonchev–Trinajstić information content (AvgIpc) is 2.54. The first-order valence-corrected chi connectivity index (χ1v) is 10.2. The van der Waals surface area contributed by atoms with Gasteiger partial charge in [-0.05, 0) is 49.2 Å². The molecular weight excluding hydrogens is 379 g/mol. The van der Waals surface area contributed by atoms with Crippen molar-refractivity contribution in [2.45, 2.75) is 19.8 Å². The Morgan fingerprint density at radius 3 is 2.54 bits per heavy atom. The van der Waals surface area contributed by atoms with Gasteiger partial charge in [0.25, 0.3) is 0 Å². The number of rotatable bonds is 7. The molecule has 2 rings (SSSR count). The van der Waals surface area contributed by atoms with Crippen molar-refractivity contribution in [3.05, 3.63) is 58.9 Å². The van der Waals surface area contributed by atoms with Crippen LogP contribution in [0, 0.1) is 12.7 Å². The third-order valence-corrected chi connectivity index (χ3v) is 5.16. The number of carbonyl (C=O) groups is 1. The smallest absolute Gasteiger partial charge is 0.232 e. The van der Waals surface area contributed by atoms with E-state index in [4.69, 9.17) is 11.6 Å². The maximum atomic E-state index is 13.9. The van der Waals surface area contributed by atoms with Crippen LogP contribution in [0.25, 0.3) is 0 Å². The second-order valence-corrected chi connectivity index (χ2v) is 8.24. The van der Waals surface area contributed by atoms with Gasteiger partial charge >= 0.3 is 0 Å². The summed E-state index contributed by atoms with van der Waals surface area (Å²) in [6, 6.07) is 10.8. The highest BCUT2D eigenvalue weighted by Crippen LogP contribution is 2.22. The molecule has 2 aromatic rings. The Kier molecular flexibility index (Phi) is 6.61. The first-order chi connectivity index (χ1) is 12.2. The van der Waals surface area contributed by atoms with Crippen LogP contribution >= 0.6 is 11.6 Å². The van der Waals surface area contributed by atoms with Crippen molar-refractivity contribution >= 4 is 38.9 Å². The minimum Gasteiger partial charge on any atom is -0.326 e. The van der Waals surface area contributed by atoms with E-state index in [-0.39, 0.29) is 31.0 Å². The number of nitrogens with zero attached hydrogens (tertiary/aromatic N) is 1. The minimum absolute atomic E-state index is 0.00673. The lowest BCUT2D eigenvalue weighted by molar-refractivity contribution is -0.116. The second kappa shape index (κ2) is 8.51. The molecule has 0 aliphatic rings. The van der Waals surface area contributed by atoms with Gasteiger partial charge in [0.2, 0.25) is 15.9 Å². The van der Waals surface area contributed by atoms with Crippen LogP contribution in [0.2, 0.25) is 5.02 Å². The van der Waals surface area contributed by atoms with Gasteiger partial charge in [-0.3, -0.25) is 9.10 Å². The van der Waals surface area contributed by atoms with Crippen molar-refractivity contribution in [2.75, 3.05) is 22.4 Å². The summed E-state index contributed by atoms with van der Waals surface area (Å²) in [6.07, 6.45) is 1.36. The third-order valence-electron chi connectivity index (χ3n) is 3.75. The van der Waals surface area contributed by atoms with E-state index >= 15 is 0 Å². The summed E-state index contributed by atoms with van der Waals surface area (Å²) in [5.74, 6) is -0.878. The molecule has 8 heteroatoms. The maximum Gasteiger partial charge on any atom is 0.232 e. The Bertz CT molecular complexity index is 903. The standard InChI is InChI=1S/C18H20ClFN2O3S/c1-13-12-14(19)9-10-16(13)21-18(23)8-5-11-22(26(2,24)25)17-7-4-3-6-15(17)20/h3-4,6-7,9-10,12H,5,8,11H2,1-2H3,(H,21,23). The SMILES string of the molecule is Cc1cc(Cl)ccc1NC(=O)CCCN(c1ccccc1F)S(C)(=O)=O. The van der Waals surface area contributed by atoms with Gasteiger partial charge in [0.15, 0.2) is 0 Å². The van der Waals surface area contributed by atoms with E-state index in [0.29, 0.717) is 10.7 Å². The molecule has 140 valence electrons. The van der Waals surface area contributed by atoms with Crippen molar-refractivity contribution in [2.24, 2.45) is 0 Å². The predicted octanol–water partition coefficient (Wildman–Crippen LogP) is 3.97. The zero-order valence-corrected chi connectivity index (χ0v) is 16.1. The molecule has 1 amide bonds. The summed E-state index contributed by atoms with van der Waals surface area (Å²) in [5, 5.41) is 3.34. The third kappa shape index (κ3) is 5.44. The monoisotopic (exact) mass is 398 g/mol. The fraction of sp³-hybridized carbons (Fsp3) is 0.278. The van der Waals surface area contributed by atoms with Crippen LogP contribution in [-0.4, -0.2) is 27.1 Å². The lowest BCUT2D eigenvalue weighted by Gasteiger charge is -2.22. The molecule has 0 saturated heterocycles. The zero-order chi connectivity index (χ0) is 19.3. The van der Waals surface area contributed by atoms with E-state index in [2.05, 4.69) is 5.32 Å². The van der Waals surface area contributed by atoms with Crippen LogP contribution in [0.5, 0.6) is 0 Å². The number of sulfonamides is 1. The quantitative estimate of drug-likeness (QED) is 0.767. The fourth-order valence-corrected chi connectivity index (χ4v) is 3.67. The number of carbonyl (C=O) groups excluding carboxylic acids is 1. The molecule has 26 heavy (non-hydrogen) atoms. The Balaban J connectivity index is 1.99. The molecule has 0 fully saturated rings. The molecule has 0 atom stereocenters. The highest BCUT2D eigenvalue weighted by atomic mass is 35.5. The van der Waals surface area contributed by atoms with E-state index in [9.17, 15) is 17.6 Å². The molecule has 0 aliphatic carbocycles. The van der Waals surface area contributed by atoms with Gasteiger partial charge in [0, 0.05) is 23.7 Å². The molecule has 2 aromatic carbocycles. The number of anilines is 2. The molecule has 0 aromatic heterocycles. The largest absolute Gasteiger partial charge is 0.326 e. The van der Waals surface area contributed by atoms with Gasteiger partial charge in [0.05, 0.1) is 11.9 Å². The van der Waals surface area contributed by atoms with Gasteiger partial charge in [-0.15, -0.1) is 0 Å². The van der Waals surface area contributed by atoms with Gasteiger partial charge in [0.1, 0.15) is 5.82 Å². The van der Waals surface area contributed by atoms with E-state index in [1.807, 2.05) is 6.92 Å². The van der Waals surface area contributed by atoms with Crippen LogP contribution < -0.4 is 9.62 Å². The number of hydrogen-bond donors (Lipinski definition) is 1. The Morgan fingerprint density at radius 1 is 1.23 bits per heavy atom. The van der Waals surface area contributed by atoms with Crippen LogP contribution in [0.3, 0.4) is 0 Å². The molecular formula is C18H20ClFN2O3S. The molecule has 0 aliphatic heterocycles. The van der Waals surface area contributed by atoms with Crippen molar-refractivity contribution in [1.82, 2.24) is 0 Å². The maximum absolute atomic E-state index is 13.9. The van der Waals surface area contributed by atoms with Crippen molar-refractivity contribution < 1.29 is 17.6 Å². The minimum atomic E-state index is -3.66. The summed E-state index contributed by atoms with van der Waals surface area (Å²) in [6.45, 7) is 1.83. The van der Waals surface area contributed by atoms with Gasteiger partial charge < -0.3 is 5.32 Å². The molecule has 5 nitrogen and oxygen atoms in total. The van der Waals surface area contributed by atoms with Crippen LogP contribution in [0.4, 0.5) is 15.8 Å². The lowest BCUT2D eigenvalue weighted by atomic mass is 10.2. The summed E-state index contributed by atoms with van der Waals surface area (Å²) >= 11 is 5.88. The molecule has 0 spiro atoms. The van der Waals surface area contributed by atoms with E-state index in [1.165, 1.54) is 18.2 Å². The second-order valence-electron chi connectivity index (χ2n) is 5.90. The number of hydrogen-bond acceptors (Lipinski definition) is 3. The zero-order valence-electron chi connectivity index (χ0n) is 14.5. The summed E-state index contributed by atoms with van der Waals surface area (Å²) in [7, 11) is -3.66. The van der Waals surface area contributed by atoms with E-state index in [1.54, 1.807) is 24.3 Å². The summed E-state index contributed by atoms with van der Waals surface area (Å²) in [4.78, 5) is 12.1.